The maximum Gasteiger partial charge on any atom is 0.338 e. The average Bonchev–Trinajstić information content (AvgIpc) is 2.37. The van der Waals surface area contributed by atoms with Gasteiger partial charge in [-0.1, -0.05) is 11.6 Å². The molecule has 0 aliphatic carbocycles. The standard InChI is InChI=1S/C12H16ClNO5/c1-3-19-12(17)11(16)10(15)6-4-9(18-2)8(14)5-7(6)13/h4-5,10-11,15-16H,3,14H2,1-2H3. The maximum atomic E-state index is 11.4. The fourth-order valence-electron chi connectivity index (χ4n) is 1.51. The first-order chi connectivity index (χ1) is 8.92. The molecule has 6 nitrogen and oxygen atoms in total. The number of aliphatic hydroxyl groups excluding tert-OH is 2. The highest BCUT2D eigenvalue weighted by atomic mass is 35.5. The van der Waals surface area contributed by atoms with Crippen molar-refractivity contribution in [1.29, 1.82) is 0 Å². The van der Waals surface area contributed by atoms with E-state index in [0.29, 0.717) is 0 Å². The molecule has 1 aromatic rings. The normalized spacial score (nSPS) is 13.7. The zero-order valence-corrected chi connectivity index (χ0v) is 11.3. The van der Waals surface area contributed by atoms with E-state index >= 15 is 0 Å². The summed E-state index contributed by atoms with van der Waals surface area (Å²) in [6.07, 6.45) is -3.26. The van der Waals surface area contributed by atoms with E-state index in [2.05, 4.69) is 4.74 Å². The van der Waals surface area contributed by atoms with E-state index in [1.807, 2.05) is 0 Å². The third-order valence-corrected chi connectivity index (χ3v) is 2.82. The number of halogens is 1. The minimum absolute atomic E-state index is 0.0986. The number of hydrogen-bond donors (Lipinski definition) is 3. The van der Waals surface area contributed by atoms with Crippen molar-refractivity contribution in [3.8, 4) is 5.75 Å². The van der Waals surface area contributed by atoms with Crippen LogP contribution in [0.15, 0.2) is 12.1 Å². The summed E-state index contributed by atoms with van der Waals surface area (Å²) in [5.41, 5.74) is 6.06. The number of carbonyl (C=O) groups excluding carboxylic acids is 1. The van der Waals surface area contributed by atoms with Crippen LogP contribution in [0.25, 0.3) is 0 Å². The van der Waals surface area contributed by atoms with Crippen LogP contribution in [0, 0.1) is 0 Å². The topological polar surface area (TPSA) is 102 Å². The third-order valence-electron chi connectivity index (χ3n) is 2.49. The van der Waals surface area contributed by atoms with Crippen LogP contribution in [-0.4, -0.2) is 36.0 Å². The number of nitrogen functional groups attached to an aromatic ring is 1. The SMILES string of the molecule is CCOC(=O)C(O)C(O)c1cc(OC)c(N)cc1Cl. The molecular formula is C12H16ClNO5. The van der Waals surface area contributed by atoms with E-state index in [1.165, 1.54) is 19.2 Å². The van der Waals surface area contributed by atoms with Gasteiger partial charge in [0.05, 0.1) is 19.4 Å². The van der Waals surface area contributed by atoms with Crippen LogP contribution >= 0.6 is 11.6 Å². The molecule has 106 valence electrons. The number of aliphatic hydroxyl groups is 2. The van der Waals surface area contributed by atoms with Crippen LogP contribution in [-0.2, 0) is 9.53 Å². The molecule has 0 spiro atoms. The van der Waals surface area contributed by atoms with Crippen LogP contribution in [0.5, 0.6) is 5.75 Å². The Hall–Kier alpha value is -1.50. The Morgan fingerprint density at radius 1 is 1.47 bits per heavy atom. The number of ether oxygens (including phenoxy) is 2. The van der Waals surface area contributed by atoms with Crippen molar-refractivity contribution in [3.05, 3.63) is 22.7 Å². The van der Waals surface area contributed by atoms with Gasteiger partial charge in [-0.2, -0.15) is 0 Å². The summed E-state index contributed by atoms with van der Waals surface area (Å²) in [5, 5.41) is 19.7. The zero-order chi connectivity index (χ0) is 14.6. The number of hydrogen-bond acceptors (Lipinski definition) is 6. The van der Waals surface area contributed by atoms with Gasteiger partial charge >= 0.3 is 5.97 Å². The number of nitrogens with two attached hydrogens (primary N) is 1. The highest BCUT2D eigenvalue weighted by Gasteiger charge is 2.29. The molecular weight excluding hydrogens is 274 g/mol. The zero-order valence-electron chi connectivity index (χ0n) is 10.6. The van der Waals surface area contributed by atoms with E-state index in [4.69, 9.17) is 22.1 Å². The van der Waals surface area contributed by atoms with Crippen LogP contribution < -0.4 is 10.5 Å². The number of anilines is 1. The van der Waals surface area contributed by atoms with E-state index in [-0.39, 0.29) is 28.6 Å². The summed E-state index contributed by atoms with van der Waals surface area (Å²) in [4.78, 5) is 11.4. The Balaban J connectivity index is 3.05. The molecule has 0 aliphatic rings. The minimum atomic E-state index is -1.73. The Morgan fingerprint density at radius 2 is 2.11 bits per heavy atom. The molecule has 0 fully saturated rings. The lowest BCUT2D eigenvalue weighted by molar-refractivity contribution is -0.159. The number of methoxy groups -OCH3 is 1. The predicted octanol–water partition coefficient (Wildman–Crippen LogP) is 0.888. The van der Waals surface area contributed by atoms with Gasteiger partial charge in [-0.15, -0.1) is 0 Å². The highest BCUT2D eigenvalue weighted by Crippen LogP contribution is 2.33. The molecule has 0 amide bonds. The van der Waals surface area contributed by atoms with E-state index in [1.54, 1.807) is 6.92 Å². The highest BCUT2D eigenvalue weighted by molar-refractivity contribution is 6.31. The van der Waals surface area contributed by atoms with Gasteiger partial charge in [0, 0.05) is 10.6 Å². The molecule has 0 saturated carbocycles. The van der Waals surface area contributed by atoms with Crippen LogP contribution in [0.4, 0.5) is 5.69 Å². The smallest absolute Gasteiger partial charge is 0.338 e. The first kappa shape index (κ1) is 15.6. The predicted molar refractivity (Wildman–Crippen MR) is 70.0 cm³/mol. The van der Waals surface area contributed by atoms with E-state index in [9.17, 15) is 15.0 Å². The molecule has 7 heteroatoms. The summed E-state index contributed by atoms with van der Waals surface area (Å²) in [6, 6.07) is 2.74. The van der Waals surface area contributed by atoms with Gasteiger partial charge in [0.25, 0.3) is 0 Å². The monoisotopic (exact) mass is 289 g/mol. The third kappa shape index (κ3) is 3.50. The lowest BCUT2D eigenvalue weighted by atomic mass is 10.0. The minimum Gasteiger partial charge on any atom is -0.495 e. The fraction of sp³-hybridized carbons (Fsp3) is 0.417. The van der Waals surface area contributed by atoms with Gasteiger partial charge in [0.15, 0.2) is 6.10 Å². The molecule has 0 bridgehead atoms. The van der Waals surface area contributed by atoms with Crippen molar-refractivity contribution in [3.63, 3.8) is 0 Å². The Kier molecular flexibility index (Phi) is 5.41. The molecule has 2 atom stereocenters. The summed E-state index contributed by atoms with van der Waals surface area (Å²) in [7, 11) is 1.40. The molecule has 0 saturated heterocycles. The molecule has 4 N–H and O–H groups in total. The Labute approximate surface area is 115 Å². The van der Waals surface area contributed by atoms with Crippen molar-refractivity contribution in [2.45, 2.75) is 19.1 Å². The van der Waals surface area contributed by atoms with Gasteiger partial charge in [-0.25, -0.2) is 4.79 Å². The van der Waals surface area contributed by atoms with Gasteiger partial charge in [-0.3, -0.25) is 0 Å². The quantitative estimate of drug-likeness (QED) is 0.549. The Bertz CT molecular complexity index is 466. The van der Waals surface area contributed by atoms with Crippen LogP contribution in [0.1, 0.15) is 18.6 Å². The van der Waals surface area contributed by atoms with Gasteiger partial charge < -0.3 is 25.4 Å². The number of rotatable bonds is 5. The molecule has 0 heterocycles. The van der Waals surface area contributed by atoms with Crippen molar-refractivity contribution in [2.24, 2.45) is 0 Å². The second-order valence-corrected chi connectivity index (χ2v) is 4.16. The number of benzene rings is 1. The number of esters is 1. The number of carbonyl (C=O) groups is 1. The average molecular weight is 290 g/mol. The molecule has 1 aromatic carbocycles. The first-order valence-electron chi connectivity index (χ1n) is 5.58. The van der Waals surface area contributed by atoms with Crippen molar-refractivity contribution in [2.75, 3.05) is 19.5 Å². The summed E-state index contributed by atoms with van der Waals surface area (Å²) < 4.78 is 9.60. The second-order valence-electron chi connectivity index (χ2n) is 3.76. The summed E-state index contributed by atoms with van der Waals surface area (Å²) in [6.45, 7) is 1.69. The van der Waals surface area contributed by atoms with E-state index < -0.39 is 18.2 Å². The second kappa shape index (κ2) is 6.60. The molecule has 0 radical (unpaired) electrons. The fourth-order valence-corrected chi connectivity index (χ4v) is 1.80. The molecule has 19 heavy (non-hydrogen) atoms. The molecule has 2 unspecified atom stereocenters. The van der Waals surface area contributed by atoms with Crippen LogP contribution in [0.3, 0.4) is 0 Å². The summed E-state index contributed by atoms with van der Waals surface area (Å²) >= 11 is 5.92. The summed E-state index contributed by atoms with van der Waals surface area (Å²) in [5.74, 6) is -0.642. The van der Waals surface area contributed by atoms with Gasteiger partial charge in [0.1, 0.15) is 11.9 Å². The van der Waals surface area contributed by atoms with Gasteiger partial charge in [0.2, 0.25) is 0 Å². The molecule has 0 aromatic heterocycles. The van der Waals surface area contributed by atoms with Gasteiger partial charge in [-0.05, 0) is 19.1 Å². The van der Waals surface area contributed by atoms with Crippen molar-refractivity contribution in [1.82, 2.24) is 0 Å². The molecule has 1 rings (SSSR count). The van der Waals surface area contributed by atoms with Crippen molar-refractivity contribution >= 4 is 23.3 Å². The van der Waals surface area contributed by atoms with Crippen molar-refractivity contribution < 1.29 is 24.5 Å². The van der Waals surface area contributed by atoms with E-state index in [0.717, 1.165) is 0 Å². The first-order valence-corrected chi connectivity index (χ1v) is 5.95. The lowest BCUT2D eigenvalue weighted by Crippen LogP contribution is -2.30. The lowest BCUT2D eigenvalue weighted by Gasteiger charge is -2.19. The maximum absolute atomic E-state index is 11.4. The largest absolute Gasteiger partial charge is 0.495 e. The Morgan fingerprint density at radius 3 is 2.63 bits per heavy atom. The van der Waals surface area contributed by atoms with Crippen LogP contribution in [0.2, 0.25) is 5.02 Å². The molecule has 0 aliphatic heterocycles.